The Bertz CT molecular complexity index is 489. The first-order valence-corrected chi connectivity index (χ1v) is 5.88. The second kappa shape index (κ2) is 3.92. The van der Waals surface area contributed by atoms with Crippen LogP contribution in [0.1, 0.15) is 17.9 Å². The van der Waals surface area contributed by atoms with Crippen molar-refractivity contribution in [2.75, 3.05) is 13.1 Å². The molecule has 16 heavy (non-hydrogen) atoms. The molecule has 4 N–H and O–H groups in total. The molecule has 0 bridgehead atoms. The monoisotopic (exact) mass is 215 g/mol. The van der Waals surface area contributed by atoms with Crippen LogP contribution in [-0.2, 0) is 0 Å². The topological polar surface area (TPSA) is 53.8 Å². The van der Waals surface area contributed by atoms with Crippen LogP contribution in [0.2, 0.25) is 0 Å². The van der Waals surface area contributed by atoms with Gasteiger partial charge in [0.2, 0.25) is 0 Å². The molecule has 3 heteroatoms. The van der Waals surface area contributed by atoms with Crippen molar-refractivity contribution in [3.05, 3.63) is 36.0 Å². The summed E-state index contributed by atoms with van der Waals surface area (Å²) in [7, 11) is 0. The molecule has 3 rings (SSSR count). The van der Waals surface area contributed by atoms with Gasteiger partial charge in [-0.1, -0.05) is 18.2 Å². The summed E-state index contributed by atoms with van der Waals surface area (Å²) in [5, 5.41) is 4.62. The fourth-order valence-corrected chi connectivity index (χ4v) is 2.69. The lowest BCUT2D eigenvalue weighted by molar-refractivity contribution is 0.404. The predicted molar refractivity (Wildman–Crippen MR) is 66.5 cm³/mol. The highest BCUT2D eigenvalue weighted by Gasteiger charge is 2.24. The Labute approximate surface area is 95.0 Å². The van der Waals surface area contributed by atoms with Gasteiger partial charge in [-0.05, 0) is 30.0 Å². The van der Waals surface area contributed by atoms with E-state index in [9.17, 15) is 0 Å². The molecule has 1 saturated heterocycles. The molecule has 0 radical (unpaired) electrons. The summed E-state index contributed by atoms with van der Waals surface area (Å²) in [6.07, 6.45) is 3.13. The zero-order valence-corrected chi connectivity index (χ0v) is 9.24. The first kappa shape index (κ1) is 9.87. The fourth-order valence-electron chi connectivity index (χ4n) is 2.69. The molecule has 2 atom stereocenters. The molecule has 2 heterocycles. The Morgan fingerprint density at radius 1 is 1.25 bits per heavy atom. The SMILES string of the molecule is NC1CNCCC1c1cccc2cc[nH]c12. The lowest BCUT2D eigenvalue weighted by Crippen LogP contribution is -2.44. The quantitative estimate of drug-likeness (QED) is 0.676. The summed E-state index contributed by atoms with van der Waals surface area (Å²) in [4.78, 5) is 3.33. The van der Waals surface area contributed by atoms with Crippen molar-refractivity contribution in [3.63, 3.8) is 0 Å². The molecule has 84 valence electrons. The summed E-state index contributed by atoms with van der Waals surface area (Å²) < 4.78 is 0. The molecule has 0 saturated carbocycles. The van der Waals surface area contributed by atoms with Crippen molar-refractivity contribution < 1.29 is 0 Å². The average Bonchev–Trinajstić information content (AvgIpc) is 2.77. The van der Waals surface area contributed by atoms with Crippen molar-refractivity contribution in [1.29, 1.82) is 0 Å². The van der Waals surface area contributed by atoms with Crippen molar-refractivity contribution in [2.45, 2.75) is 18.4 Å². The molecule has 3 nitrogen and oxygen atoms in total. The van der Waals surface area contributed by atoms with Crippen molar-refractivity contribution in [1.82, 2.24) is 10.3 Å². The van der Waals surface area contributed by atoms with Gasteiger partial charge in [-0.15, -0.1) is 0 Å². The lowest BCUT2D eigenvalue weighted by atomic mass is 9.85. The maximum Gasteiger partial charge on any atom is 0.0489 e. The minimum absolute atomic E-state index is 0.225. The summed E-state index contributed by atoms with van der Waals surface area (Å²) in [5.41, 5.74) is 8.82. The molecular formula is C13H17N3. The van der Waals surface area contributed by atoms with Crippen LogP contribution in [0, 0.1) is 0 Å². The number of hydrogen-bond acceptors (Lipinski definition) is 2. The normalized spacial score (nSPS) is 26.1. The third-order valence-electron chi connectivity index (χ3n) is 3.55. The maximum absolute atomic E-state index is 6.19. The Hall–Kier alpha value is -1.32. The standard InChI is InChI=1S/C13H17N3/c14-12-8-15-6-5-10(12)11-3-1-2-9-4-7-16-13(9)11/h1-4,7,10,12,15-16H,5-6,8,14H2. The van der Waals surface area contributed by atoms with Gasteiger partial charge in [0.05, 0.1) is 0 Å². The summed E-state index contributed by atoms with van der Waals surface area (Å²) >= 11 is 0. The molecular weight excluding hydrogens is 198 g/mol. The number of nitrogens with two attached hydrogens (primary N) is 1. The number of benzene rings is 1. The van der Waals surface area contributed by atoms with E-state index in [1.165, 1.54) is 16.5 Å². The van der Waals surface area contributed by atoms with Crippen molar-refractivity contribution >= 4 is 10.9 Å². The first-order chi connectivity index (χ1) is 7.86. The van der Waals surface area contributed by atoms with E-state index < -0.39 is 0 Å². The number of hydrogen-bond donors (Lipinski definition) is 3. The highest BCUT2D eigenvalue weighted by atomic mass is 14.9. The second-order valence-corrected chi connectivity index (χ2v) is 4.55. The van der Waals surface area contributed by atoms with Gasteiger partial charge in [0.1, 0.15) is 0 Å². The Morgan fingerprint density at radius 2 is 2.19 bits per heavy atom. The number of aromatic nitrogens is 1. The van der Waals surface area contributed by atoms with Gasteiger partial charge in [0.25, 0.3) is 0 Å². The predicted octanol–water partition coefficient (Wildman–Crippen LogP) is 1.57. The average molecular weight is 215 g/mol. The van der Waals surface area contributed by atoms with Crippen LogP contribution >= 0.6 is 0 Å². The second-order valence-electron chi connectivity index (χ2n) is 4.55. The van der Waals surface area contributed by atoms with E-state index in [1.807, 2.05) is 6.20 Å². The third kappa shape index (κ3) is 1.52. The molecule has 1 aliphatic heterocycles. The number of aromatic amines is 1. The summed E-state index contributed by atoms with van der Waals surface area (Å²) in [5.74, 6) is 0.476. The zero-order chi connectivity index (χ0) is 11.0. The van der Waals surface area contributed by atoms with Crippen LogP contribution in [0.5, 0.6) is 0 Å². The molecule has 0 spiro atoms. The van der Waals surface area contributed by atoms with Crippen molar-refractivity contribution in [3.8, 4) is 0 Å². The third-order valence-corrected chi connectivity index (χ3v) is 3.55. The molecule has 2 unspecified atom stereocenters. The molecule has 1 fully saturated rings. The van der Waals surface area contributed by atoms with Gasteiger partial charge in [-0.2, -0.15) is 0 Å². The van der Waals surface area contributed by atoms with Gasteiger partial charge in [0.15, 0.2) is 0 Å². The number of piperidine rings is 1. The molecule has 0 aliphatic carbocycles. The van der Waals surface area contributed by atoms with Crippen LogP contribution in [0.4, 0.5) is 0 Å². The summed E-state index contributed by atoms with van der Waals surface area (Å²) in [6.45, 7) is 1.98. The largest absolute Gasteiger partial charge is 0.361 e. The van der Waals surface area contributed by atoms with Crippen LogP contribution < -0.4 is 11.1 Å². The van der Waals surface area contributed by atoms with Gasteiger partial charge in [0, 0.05) is 30.2 Å². The molecule has 0 amide bonds. The van der Waals surface area contributed by atoms with E-state index in [0.717, 1.165) is 19.5 Å². The number of fused-ring (bicyclic) bond motifs is 1. The maximum atomic E-state index is 6.19. The highest BCUT2D eigenvalue weighted by molar-refractivity contribution is 5.83. The van der Waals surface area contributed by atoms with Crippen LogP contribution in [0.25, 0.3) is 10.9 Å². The molecule has 1 aliphatic rings. The van der Waals surface area contributed by atoms with Crippen molar-refractivity contribution in [2.24, 2.45) is 5.73 Å². The van der Waals surface area contributed by atoms with Crippen LogP contribution in [0.3, 0.4) is 0 Å². The smallest absolute Gasteiger partial charge is 0.0489 e. The van der Waals surface area contributed by atoms with E-state index in [2.05, 4.69) is 34.6 Å². The highest BCUT2D eigenvalue weighted by Crippen LogP contribution is 2.29. The van der Waals surface area contributed by atoms with E-state index in [1.54, 1.807) is 0 Å². The Kier molecular flexibility index (Phi) is 2.42. The Morgan fingerprint density at radius 3 is 3.06 bits per heavy atom. The molecule has 1 aromatic carbocycles. The zero-order valence-electron chi connectivity index (χ0n) is 9.24. The van der Waals surface area contributed by atoms with E-state index >= 15 is 0 Å². The van der Waals surface area contributed by atoms with E-state index in [4.69, 9.17) is 5.73 Å². The van der Waals surface area contributed by atoms with Gasteiger partial charge in [-0.25, -0.2) is 0 Å². The number of H-pyrrole nitrogens is 1. The molecule has 1 aromatic heterocycles. The van der Waals surface area contributed by atoms with Crippen LogP contribution in [0.15, 0.2) is 30.5 Å². The number of para-hydroxylation sites is 1. The van der Waals surface area contributed by atoms with E-state index in [-0.39, 0.29) is 6.04 Å². The summed E-state index contributed by atoms with van der Waals surface area (Å²) in [6, 6.07) is 8.81. The number of nitrogens with one attached hydrogen (secondary N) is 2. The first-order valence-electron chi connectivity index (χ1n) is 5.88. The lowest BCUT2D eigenvalue weighted by Gasteiger charge is -2.30. The minimum atomic E-state index is 0.225. The minimum Gasteiger partial charge on any atom is -0.361 e. The molecule has 2 aromatic rings. The van der Waals surface area contributed by atoms with Gasteiger partial charge >= 0.3 is 0 Å². The fraction of sp³-hybridized carbons (Fsp3) is 0.385. The van der Waals surface area contributed by atoms with E-state index in [0.29, 0.717) is 5.92 Å². The van der Waals surface area contributed by atoms with Crippen LogP contribution in [-0.4, -0.2) is 24.1 Å². The van der Waals surface area contributed by atoms with Gasteiger partial charge in [-0.3, -0.25) is 0 Å². The number of rotatable bonds is 1. The van der Waals surface area contributed by atoms with Gasteiger partial charge < -0.3 is 16.0 Å². The Balaban J connectivity index is 2.07.